The first-order chi connectivity index (χ1) is 11.8. The van der Waals surface area contributed by atoms with E-state index >= 15 is 0 Å². The highest BCUT2D eigenvalue weighted by Crippen LogP contribution is 2.21. The molecule has 0 heterocycles. The molecule has 130 valence electrons. The van der Waals surface area contributed by atoms with Crippen molar-refractivity contribution >= 4 is 23.7 Å². The molecule has 0 fully saturated rings. The number of aryl methyl sites for hydroxylation is 1. The standard InChI is InChI=1S/C20H23N3O2/c1-14-6-5-7-17(12-14)22-18(24)19(25)23-21-13-15-8-10-16(11-9-15)20(2,3)4/h5-13H,1-4H3,(H,22,24)(H,23,25)/b21-13+. The van der Waals surface area contributed by atoms with Gasteiger partial charge in [-0.1, -0.05) is 57.2 Å². The van der Waals surface area contributed by atoms with E-state index in [1.165, 1.54) is 11.8 Å². The van der Waals surface area contributed by atoms with Gasteiger partial charge >= 0.3 is 11.8 Å². The van der Waals surface area contributed by atoms with E-state index in [-0.39, 0.29) is 5.41 Å². The average Bonchev–Trinajstić information content (AvgIpc) is 2.54. The number of amides is 2. The van der Waals surface area contributed by atoms with Gasteiger partial charge in [-0.15, -0.1) is 0 Å². The summed E-state index contributed by atoms with van der Waals surface area (Å²) in [6.07, 6.45) is 1.50. The van der Waals surface area contributed by atoms with Crippen molar-refractivity contribution < 1.29 is 9.59 Å². The third-order valence-corrected chi connectivity index (χ3v) is 3.64. The fourth-order valence-corrected chi connectivity index (χ4v) is 2.20. The predicted octanol–water partition coefficient (Wildman–Crippen LogP) is 3.38. The normalized spacial score (nSPS) is 11.4. The highest BCUT2D eigenvalue weighted by Gasteiger charge is 2.13. The lowest BCUT2D eigenvalue weighted by molar-refractivity contribution is -0.136. The van der Waals surface area contributed by atoms with Gasteiger partial charge in [0.25, 0.3) is 0 Å². The molecule has 0 aromatic heterocycles. The Kier molecular flexibility index (Phi) is 5.70. The number of carbonyl (C=O) groups excluding carboxylic acids is 2. The van der Waals surface area contributed by atoms with E-state index in [1.807, 2.05) is 43.3 Å². The smallest absolute Gasteiger partial charge is 0.318 e. The number of carbonyl (C=O) groups is 2. The summed E-state index contributed by atoms with van der Waals surface area (Å²) in [4.78, 5) is 23.6. The summed E-state index contributed by atoms with van der Waals surface area (Å²) in [7, 11) is 0. The first-order valence-corrected chi connectivity index (χ1v) is 8.07. The Morgan fingerprint density at radius 2 is 1.68 bits per heavy atom. The Balaban J connectivity index is 1.90. The zero-order valence-corrected chi connectivity index (χ0v) is 15.0. The van der Waals surface area contributed by atoms with Crippen LogP contribution >= 0.6 is 0 Å². The Labute approximate surface area is 148 Å². The Morgan fingerprint density at radius 1 is 1.00 bits per heavy atom. The maximum Gasteiger partial charge on any atom is 0.329 e. The summed E-state index contributed by atoms with van der Waals surface area (Å²) in [5.74, 6) is -1.57. The van der Waals surface area contributed by atoms with Crippen LogP contribution in [0.25, 0.3) is 0 Å². The maximum absolute atomic E-state index is 11.8. The van der Waals surface area contributed by atoms with Crippen LogP contribution in [-0.4, -0.2) is 18.0 Å². The number of hydrazone groups is 1. The third-order valence-electron chi connectivity index (χ3n) is 3.64. The molecule has 0 aliphatic rings. The molecule has 0 radical (unpaired) electrons. The van der Waals surface area contributed by atoms with Crippen LogP contribution in [0.15, 0.2) is 53.6 Å². The quantitative estimate of drug-likeness (QED) is 0.512. The van der Waals surface area contributed by atoms with Crippen LogP contribution in [0.5, 0.6) is 0 Å². The number of anilines is 1. The summed E-state index contributed by atoms with van der Waals surface area (Å²) in [5, 5.41) is 6.36. The van der Waals surface area contributed by atoms with Gasteiger partial charge in [0.2, 0.25) is 0 Å². The molecule has 2 rings (SSSR count). The number of benzene rings is 2. The molecular formula is C20H23N3O2. The van der Waals surface area contributed by atoms with Gasteiger partial charge in [-0.2, -0.15) is 5.10 Å². The minimum Gasteiger partial charge on any atom is -0.318 e. The lowest BCUT2D eigenvalue weighted by atomic mass is 9.87. The van der Waals surface area contributed by atoms with Crippen molar-refractivity contribution in [3.8, 4) is 0 Å². The molecule has 5 heteroatoms. The van der Waals surface area contributed by atoms with Crippen LogP contribution in [0.2, 0.25) is 0 Å². The summed E-state index contributed by atoms with van der Waals surface area (Å²) in [6, 6.07) is 15.1. The molecule has 0 aliphatic heterocycles. The molecule has 2 aromatic rings. The van der Waals surface area contributed by atoms with Gasteiger partial charge in [-0.25, -0.2) is 5.43 Å². The van der Waals surface area contributed by atoms with Gasteiger partial charge in [0.1, 0.15) is 0 Å². The van der Waals surface area contributed by atoms with E-state index < -0.39 is 11.8 Å². The molecule has 5 nitrogen and oxygen atoms in total. The Hall–Kier alpha value is -2.95. The molecule has 25 heavy (non-hydrogen) atoms. The van der Waals surface area contributed by atoms with E-state index in [9.17, 15) is 9.59 Å². The van der Waals surface area contributed by atoms with E-state index in [2.05, 4.69) is 36.6 Å². The number of hydrogen-bond donors (Lipinski definition) is 2. The molecule has 0 atom stereocenters. The van der Waals surface area contributed by atoms with Crippen molar-refractivity contribution in [2.24, 2.45) is 5.10 Å². The summed E-state index contributed by atoms with van der Waals surface area (Å²) < 4.78 is 0. The van der Waals surface area contributed by atoms with Gasteiger partial charge < -0.3 is 5.32 Å². The van der Waals surface area contributed by atoms with Gasteiger partial charge in [0.05, 0.1) is 6.21 Å². The summed E-state index contributed by atoms with van der Waals surface area (Å²) in [6.45, 7) is 8.33. The van der Waals surface area contributed by atoms with Crippen molar-refractivity contribution in [2.75, 3.05) is 5.32 Å². The highest BCUT2D eigenvalue weighted by atomic mass is 16.2. The predicted molar refractivity (Wildman–Crippen MR) is 101 cm³/mol. The van der Waals surface area contributed by atoms with Crippen LogP contribution in [0, 0.1) is 6.92 Å². The first kappa shape index (κ1) is 18.4. The maximum atomic E-state index is 11.8. The van der Waals surface area contributed by atoms with Crippen molar-refractivity contribution in [1.82, 2.24) is 5.43 Å². The van der Waals surface area contributed by atoms with E-state index in [0.29, 0.717) is 5.69 Å². The van der Waals surface area contributed by atoms with Crippen LogP contribution < -0.4 is 10.7 Å². The zero-order chi connectivity index (χ0) is 18.4. The minimum absolute atomic E-state index is 0.0811. The fraction of sp³-hybridized carbons (Fsp3) is 0.250. The lowest BCUT2D eigenvalue weighted by Gasteiger charge is -2.18. The lowest BCUT2D eigenvalue weighted by Crippen LogP contribution is -2.32. The van der Waals surface area contributed by atoms with Crippen LogP contribution in [0.3, 0.4) is 0 Å². The molecule has 2 N–H and O–H groups in total. The molecule has 0 spiro atoms. The molecule has 0 unspecified atom stereocenters. The molecule has 0 saturated carbocycles. The first-order valence-electron chi connectivity index (χ1n) is 8.07. The molecule has 2 amide bonds. The van der Waals surface area contributed by atoms with Gasteiger partial charge in [-0.3, -0.25) is 9.59 Å². The average molecular weight is 337 g/mol. The summed E-state index contributed by atoms with van der Waals surface area (Å²) >= 11 is 0. The Morgan fingerprint density at radius 3 is 2.28 bits per heavy atom. The number of rotatable bonds is 3. The zero-order valence-electron chi connectivity index (χ0n) is 15.0. The van der Waals surface area contributed by atoms with Crippen molar-refractivity contribution in [1.29, 1.82) is 0 Å². The van der Waals surface area contributed by atoms with Crippen LogP contribution in [-0.2, 0) is 15.0 Å². The number of nitrogens with zero attached hydrogens (tertiary/aromatic N) is 1. The SMILES string of the molecule is Cc1cccc(NC(=O)C(=O)N/N=C/c2ccc(C(C)(C)C)cc2)c1. The summed E-state index contributed by atoms with van der Waals surface area (Å²) in [5.41, 5.74) is 5.93. The van der Waals surface area contributed by atoms with Gasteiger partial charge in [0, 0.05) is 5.69 Å². The number of nitrogens with one attached hydrogen (secondary N) is 2. The van der Waals surface area contributed by atoms with Gasteiger partial charge in [0.15, 0.2) is 0 Å². The van der Waals surface area contributed by atoms with Crippen molar-refractivity contribution in [2.45, 2.75) is 33.1 Å². The molecule has 2 aromatic carbocycles. The van der Waals surface area contributed by atoms with Crippen LogP contribution in [0.1, 0.15) is 37.5 Å². The topological polar surface area (TPSA) is 70.6 Å². The second kappa shape index (κ2) is 7.75. The molecule has 0 aliphatic carbocycles. The largest absolute Gasteiger partial charge is 0.329 e. The second-order valence-corrected chi connectivity index (χ2v) is 6.89. The molecule has 0 saturated heterocycles. The monoisotopic (exact) mass is 337 g/mol. The number of hydrogen-bond acceptors (Lipinski definition) is 3. The van der Waals surface area contributed by atoms with Crippen molar-refractivity contribution in [3.05, 3.63) is 65.2 Å². The van der Waals surface area contributed by atoms with Crippen molar-refractivity contribution in [3.63, 3.8) is 0 Å². The van der Waals surface area contributed by atoms with Crippen LogP contribution in [0.4, 0.5) is 5.69 Å². The van der Waals surface area contributed by atoms with E-state index in [4.69, 9.17) is 0 Å². The highest BCUT2D eigenvalue weighted by molar-refractivity contribution is 6.39. The third kappa shape index (κ3) is 5.57. The van der Waals surface area contributed by atoms with Gasteiger partial charge in [-0.05, 0) is 41.2 Å². The Bertz CT molecular complexity index is 787. The minimum atomic E-state index is -0.816. The fourth-order valence-electron chi connectivity index (χ4n) is 2.20. The van der Waals surface area contributed by atoms with E-state index in [0.717, 1.165) is 11.1 Å². The van der Waals surface area contributed by atoms with E-state index in [1.54, 1.807) is 12.1 Å². The molecule has 0 bridgehead atoms. The second-order valence-electron chi connectivity index (χ2n) is 6.89. The molecular weight excluding hydrogens is 314 g/mol.